The largest absolute Gasteiger partial charge is 0.383 e. The highest BCUT2D eigenvalue weighted by molar-refractivity contribution is 5.94. The van der Waals surface area contributed by atoms with Crippen molar-refractivity contribution in [2.75, 3.05) is 39.9 Å². The van der Waals surface area contributed by atoms with Crippen molar-refractivity contribution in [3.8, 4) is 0 Å². The summed E-state index contributed by atoms with van der Waals surface area (Å²) in [6.07, 6.45) is 2.30. The van der Waals surface area contributed by atoms with Gasteiger partial charge in [-0.15, -0.1) is 12.4 Å². The number of rotatable bonds is 7. The van der Waals surface area contributed by atoms with Crippen LogP contribution in [0.25, 0.3) is 0 Å². The molecule has 2 amide bonds. The van der Waals surface area contributed by atoms with Gasteiger partial charge in [0, 0.05) is 26.7 Å². The number of halogens is 1. The number of nitrogens with zero attached hydrogens (tertiary/aromatic N) is 2. The number of amides is 2. The molecule has 2 aliphatic heterocycles. The van der Waals surface area contributed by atoms with E-state index in [1.54, 1.807) is 12.0 Å². The molecule has 6 nitrogen and oxygen atoms in total. The molecule has 2 aliphatic rings. The maximum absolute atomic E-state index is 13.1. The average molecular weight is 410 g/mol. The van der Waals surface area contributed by atoms with Crippen molar-refractivity contribution in [1.29, 1.82) is 0 Å². The fraction of sp³-hybridized carbons (Fsp3) is 0.619. The molecule has 3 rings (SSSR count). The van der Waals surface area contributed by atoms with Gasteiger partial charge in [-0.3, -0.25) is 14.5 Å². The van der Waals surface area contributed by atoms with Crippen molar-refractivity contribution < 1.29 is 14.3 Å². The number of carbonyl (C=O) groups excluding carboxylic acids is 2. The molecular formula is C21H32ClN3O3. The van der Waals surface area contributed by atoms with Crippen LogP contribution in [-0.2, 0) is 20.9 Å². The van der Waals surface area contributed by atoms with Crippen LogP contribution in [-0.4, -0.2) is 67.6 Å². The Bertz CT molecular complexity index is 648. The molecule has 0 saturated carbocycles. The Morgan fingerprint density at radius 2 is 1.93 bits per heavy atom. The summed E-state index contributed by atoms with van der Waals surface area (Å²) in [6, 6.07) is 10.1. The van der Waals surface area contributed by atoms with E-state index in [0.717, 1.165) is 32.5 Å². The van der Waals surface area contributed by atoms with Crippen LogP contribution in [0, 0.1) is 5.41 Å². The van der Waals surface area contributed by atoms with E-state index in [4.69, 9.17) is 4.74 Å². The van der Waals surface area contributed by atoms with Crippen molar-refractivity contribution >= 4 is 24.2 Å². The van der Waals surface area contributed by atoms with Gasteiger partial charge in [0.15, 0.2) is 0 Å². The van der Waals surface area contributed by atoms with Gasteiger partial charge in [-0.05, 0) is 44.8 Å². The number of likely N-dealkylation sites (tertiary alicyclic amines) is 2. The number of methoxy groups -OCH3 is 1. The summed E-state index contributed by atoms with van der Waals surface area (Å²) in [7, 11) is 1.61. The Morgan fingerprint density at radius 3 is 2.54 bits per heavy atom. The number of hydrogen-bond donors (Lipinski definition) is 1. The molecule has 2 fully saturated rings. The molecule has 0 bridgehead atoms. The normalized spacial score (nSPS) is 21.6. The highest BCUT2D eigenvalue weighted by Crippen LogP contribution is 2.44. The predicted molar refractivity (Wildman–Crippen MR) is 111 cm³/mol. The minimum atomic E-state index is -0.369. The van der Waals surface area contributed by atoms with E-state index < -0.39 is 0 Å². The first kappa shape index (κ1) is 22.7. The van der Waals surface area contributed by atoms with Gasteiger partial charge in [0.05, 0.1) is 12.0 Å². The maximum atomic E-state index is 13.1. The van der Waals surface area contributed by atoms with Gasteiger partial charge in [-0.2, -0.15) is 0 Å². The first-order valence-electron chi connectivity index (χ1n) is 9.93. The standard InChI is InChI=1S/C21H31N3O3.ClH/c1-3-24-18(19(25)22-11-14-27-2)15-21(20(24)26)9-12-23(13-10-21)16-17-7-5-4-6-8-17;/h4-8,18H,3,9-16H2,1-2H3,(H,22,25);1H. The zero-order chi connectivity index (χ0) is 19.3. The predicted octanol–water partition coefficient (Wildman–Crippen LogP) is 2.07. The monoisotopic (exact) mass is 409 g/mol. The van der Waals surface area contributed by atoms with Crippen LogP contribution >= 0.6 is 12.4 Å². The molecule has 0 aromatic heterocycles. The number of likely N-dealkylation sites (N-methyl/N-ethyl adjacent to an activating group) is 1. The van der Waals surface area contributed by atoms with E-state index in [9.17, 15) is 9.59 Å². The lowest BCUT2D eigenvalue weighted by molar-refractivity contribution is -0.141. The quantitative estimate of drug-likeness (QED) is 0.700. The van der Waals surface area contributed by atoms with E-state index in [1.165, 1.54) is 5.56 Å². The lowest BCUT2D eigenvalue weighted by Crippen LogP contribution is -2.46. The van der Waals surface area contributed by atoms with E-state index in [2.05, 4.69) is 34.5 Å². The molecule has 1 aromatic carbocycles. The molecule has 1 spiro atoms. The van der Waals surface area contributed by atoms with Crippen LogP contribution in [0.4, 0.5) is 0 Å². The van der Waals surface area contributed by atoms with Gasteiger partial charge < -0.3 is 15.0 Å². The third-order valence-electron chi connectivity index (χ3n) is 5.99. The second-order valence-electron chi connectivity index (χ2n) is 7.64. The molecular weight excluding hydrogens is 378 g/mol. The molecule has 0 aliphatic carbocycles. The summed E-state index contributed by atoms with van der Waals surface area (Å²) >= 11 is 0. The Kier molecular flexibility index (Phi) is 8.28. The fourth-order valence-electron chi connectivity index (χ4n) is 4.40. The van der Waals surface area contributed by atoms with Crippen LogP contribution in [0.1, 0.15) is 31.7 Å². The molecule has 28 heavy (non-hydrogen) atoms. The van der Waals surface area contributed by atoms with Gasteiger partial charge in [-0.1, -0.05) is 30.3 Å². The minimum Gasteiger partial charge on any atom is -0.383 e. The summed E-state index contributed by atoms with van der Waals surface area (Å²) < 4.78 is 5.00. The Balaban J connectivity index is 0.00000280. The number of benzene rings is 1. The maximum Gasteiger partial charge on any atom is 0.242 e. The van der Waals surface area contributed by atoms with Crippen LogP contribution in [0.15, 0.2) is 30.3 Å². The van der Waals surface area contributed by atoms with E-state index in [0.29, 0.717) is 26.1 Å². The van der Waals surface area contributed by atoms with E-state index in [1.807, 2.05) is 13.0 Å². The van der Waals surface area contributed by atoms with Crippen molar-refractivity contribution in [2.24, 2.45) is 5.41 Å². The smallest absolute Gasteiger partial charge is 0.242 e. The summed E-state index contributed by atoms with van der Waals surface area (Å²) in [6.45, 7) is 6.22. The number of nitrogens with one attached hydrogen (secondary N) is 1. The zero-order valence-electron chi connectivity index (χ0n) is 16.9. The molecule has 0 radical (unpaired) electrons. The van der Waals surface area contributed by atoms with Gasteiger partial charge in [0.1, 0.15) is 6.04 Å². The third kappa shape index (κ3) is 4.85. The van der Waals surface area contributed by atoms with Crippen LogP contribution < -0.4 is 5.32 Å². The van der Waals surface area contributed by atoms with E-state index >= 15 is 0 Å². The highest BCUT2D eigenvalue weighted by atomic mass is 35.5. The second kappa shape index (κ2) is 10.2. The lowest BCUT2D eigenvalue weighted by Gasteiger charge is -2.37. The van der Waals surface area contributed by atoms with Crippen molar-refractivity contribution in [1.82, 2.24) is 15.1 Å². The molecule has 1 N–H and O–H groups in total. The SMILES string of the molecule is CCN1C(=O)C2(CCN(Cc3ccccc3)CC2)CC1C(=O)NCCOC.Cl. The Labute approximate surface area is 174 Å². The first-order chi connectivity index (χ1) is 13.1. The molecule has 1 unspecified atom stereocenters. The summed E-state index contributed by atoms with van der Waals surface area (Å²) in [5.74, 6) is 0.113. The van der Waals surface area contributed by atoms with Crippen LogP contribution in [0.5, 0.6) is 0 Å². The third-order valence-corrected chi connectivity index (χ3v) is 5.99. The average Bonchev–Trinajstić information content (AvgIpc) is 2.96. The Hall–Kier alpha value is -1.63. The molecule has 1 atom stereocenters. The molecule has 156 valence electrons. The van der Waals surface area contributed by atoms with Gasteiger partial charge in [0.25, 0.3) is 0 Å². The van der Waals surface area contributed by atoms with Gasteiger partial charge >= 0.3 is 0 Å². The highest BCUT2D eigenvalue weighted by Gasteiger charge is 2.53. The lowest BCUT2D eigenvalue weighted by atomic mass is 9.76. The van der Waals surface area contributed by atoms with E-state index in [-0.39, 0.29) is 35.7 Å². The molecule has 2 saturated heterocycles. The fourth-order valence-corrected chi connectivity index (χ4v) is 4.40. The van der Waals surface area contributed by atoms with Gasteiger partial charge in [0.2, 0.25) is 11.8 Å². The van der Waals surface area contributed by atoms with Crippen molar-refractivity contribution in [3.63, 3.8) is 0 Å². The first-order valence-corrected chi connectivity index (χ1v) is 9.93. The molecule has 1 aromatic rings. The topological polar surface area (TPSA) is 61.9 Å². The van der Waals surface area contributed by atoms with Crippen LogP contribution in [0.3, 0.4) is 0 Å². The summed E-state index contributed by atoms with van der Waals surface area (Å²) in [5, 5.41) is 2.91. The van der Waals surface area contributed by atoms with Crippen molar-refractivity contribution in [3.05, 3.63) is 35.9 Å². The van der Waals surface area contributed by atoms with Crippen molar-refractivity contribution in [2.45, 2.75) is 38.8 Å². The molecule has 2 heterocycles. The number of hydrogen-bond acceptors (Lipinski definition) is 4. The van der Waals surface area contributed by atoms with Crippen LogP contribution in [0.2, 0.25) is 0 Å². The number of piperidine rings is 1. The summed E-state index contributed by atoms with van der Waals surface area (Å²) in [4.78, 5) is 29.9. The number of carbonyl (C=O) groups is 2. The second-order valence-corrected chi connectivity index (χ2v) is 7.64. The summed E-state index contributed by atoms with van der Waals surface area (Å²) in [5.41, 5.74) is 0.934. The number of ether oxygens (including phenoxy) is 1. The zero-order valence-corrected chi connectivity index (χ0v) is 17.7. The van der Waals surface area contributed by atoms with Gasteiger partial charge in [-0.25, -0.2) is 0 Å². The Morgan fingerprint density at radius 1 is 1.25 bits per heavy atom. The minimum absolute atomic E-state index is 0. The molecule has 7 heteroatoms.